The predicted octanol–water partition coefficient (Wildman–Crippen LogP) is 1.14. The van der Waals surface area contributed by atoms with Crippen molar-refractivity contribution in [3.63, 3.8) is 0 Å². The largest absolute Gasteiger partial charge is 0.339 e. The summed E-state index contributed by atoms with van der Waals surface area (Å²) in [6.45, 7) is 3.61. The van der Waals surface area contributed by atoms with Crippen LogP contribution < -0.4 is 0 Å². The fourth-order valence-corrected chi connectivity index (χ4v) is 0.911. The van der Waals surface area contributed by atoms with Gasteiger partial charge in [0.05, 0.1) is 11.9 Å². The van der Waals surface area contributed by atoms with Gasteiger partial charge in [-0.05, 0) is 6.92 Å². The number of rotatable bonds is 1. The van der Waals surface area contributed by atoms with Crippen molar-refractivity contribution in [3.8, 4) is 11.5 Å². The highest BCUT2D eigenvalue weighted by atomic mass is 16.5. The molecule has 5 nitrogen and oxygen atoms in total. The van der Waals surface area contributed by atoms with Crippen LogP contribution >= 0.6 is 0 Å². The van der Waals surface area contributed by atoms with Gasteiger partial charge in [0.25, 0.3) is 0 Å². The molecular formula is C8H8N4O. The molecule has 5 heteroatoms. The summed E-state index contributed by atoms with van der Waals surface area (Å²) in [5, 5.41) is 3.73. The maximum atomic E-state index is 4.82. The molecule has 66 valence electrons. The second-order valence-corrected chi connectivity index (χ2v) is 2.68. The van der Waals surface area contributed by atoms with Crippen molar-refractivity contribution in [3.05, 3.63) is 24.0 Å². The van der Waals surface area contributed by atoms with Gasteiger partial charge in [0.2, 0.25) is 11.7 Å². The van der Waals surface area contributed by atoms with Crippen LogP contribution in [-0.4, -0.2) is 20.1 Å². The van der Waals surface area contributed by atoms with E-state index in [-0.39, 0.29) is 0 Å². The summed E-state index contributed by atoms with van der Waals surface area (Å²) >= 11 is 0. The minimum Gasteiger partial charge on any atom is -0.339 e. The maximum Gasteiger partial charge on any atom is 0.223 e. The normalized spacial score (nSPS) is 10.3. The molecule has 0 aromatic carbocycles. The molecule has 0 N–H and O–H groups in total. The first-order valence-corrected chi connectivity index (χ1v) is 3.85. The van der Waals surface area contributed by atoms with Crippen molar-refractivity contribution in [2.24, 2.45) is 0 Å². The molecule has 2 aromatic heterocycles. The van der Waals surface area contributed by atoms with Crippen LogP contribution in [0.15, 0.2) is 16.9 Å². The average Bonchev–Trinajstić information content (AvgIpc) is 2.53. The molecule has 0 saturated carbocycles. The van der Waals surface area contributed by atoms with Crippen molar-refractivity contribution in [2.75, 3.05) is 0 Å². The monoisotopic (exact) mass is 176 g/mol. The van der Waals surface area contributed by atoms with E-state index in [1.165, 1.54) is 0 Å². The van der Waals surface area contributed by atoms with Gasteiger partial charge in [-0.2, -0.15) is 4.98 Å². The zero-order valence-electron chi connectivity index (χ0n) is 7.35. The first kappa shape index (κ1) is 7.85. The van der Waals surface area contributed by atoms with Gasteiger partial charge in [-0.1, -0.05) is 5.16 Å². The zero-order chi connectivity index (χ0) is 9.26. The minimum absolute atomic E-state index is 0.477. The Labute approximate surface area is 74.8 Å². The molecule has 0 spiro atoms. The SMILES string of the molecule is Cc1cnc(-c2noc(C)n2)cn1. The molecule has 0 aliphatic rings. The van der Waals surface area contributed by atoms with E-state index in [4.69, 9.17) is 4.52 Å². The van der Waals surface area contributed by atoms with Crippen LogP contribution in [0.4, 0.5) is 0 Å². The third-order valence-corrected chi connectivity index (χ3v) is 1.54. The van der Waals surface area contributed by atoms with E-state index in [0.29, 0.717) is 17.4 Å². The number of aromatic nitrogens is 4. The predicted molar refractivity (Wildman–Crippen MR) is 44.8 cm³/mol. The quantitative estimate of drug-likeness (QED) is 0.651. The molecule has 0 saturated heterocycles. The van der Waals surface area contributed by atoms with Crippen LogP contribution in [0.2, 0.25) is 0 Å². The molecule has 0 amide bonds. The lowest BCUT2D eigenvalue weighted by Crippen LogP contribution is -1.89. The summed E-state index contributed by atoms with van der Waals surface area (Å²) < 4.78 is 4.82. The Morgan fingerprint density at radius 1 is 1.15 bits per heavy atom. The Bertz CT molecular complexity index is 406. The van der Waals surface area contributed by atoms with E-state index in [1.807, 2.05) is 6.92 Å². The van der Waals surface area contributed by atoms with Crippen molar-refractivity contribution in [1.29, 1.82) is 0 Å². The van der Waals surface area contributed by atoms with E-state index in [0.717, 1.165) is 5.69 Å². The number of nitrogens with zero attached hydrogens (tertiary/aromatic N) is 4. The number of hydrogen-bond acceptors (Lipinski definition) is 5. The van der Waals surface area contributed by atoms with Gasteiger partial charge < -0.3 is 4.52 Å². The molecule has 13 heavy (non-hydrogen) atoms. The molecule has 0 aliphatic carbocycles. The standard InChI is InChI=1S/C8H8N4O/c1-5-3-10-7(4-9-5)8-11-6(2)13-12-8/h3-4H,1-2H3. The van der Waals surface area contributed by atoms with Crippen LogP contribution in [-0.2, 0) is 0 Å². The fraction of sp³-hybridized carbons (Fsp3) is 0.250. The van der Waals surface area contributed by atoms with Crippen molar-refractivity contribution < 1.29 is 4.52 Å². The molecule has 2 aromatic rings. The zero-order valence-corrected chi connectivity index (χ0v) is 7.35. The third-order valence-electron chi connectivity index (χ3n) is 1.54. The molecule has 0 aliphatic heterocycles. The lowest BCUT2D eigenvalue weighted by molar-refractivity contribution is 0.394. The Morgan fingerprint density at radius 3 is 2.54 bits per heavy atom. The second kappa shape index (κ2) is 2.93. The summed E-state index contributed by atoms with van der Waals surface area (Å²) in [7, 11) is 0. The highest BCUT2D eigenvalue weighted by molar-refractivity contribution is 5.45. The topological polar surface area (TPSA) is 64.7 Å². The first-order chi connectivity index (χ1) is 6.25. The highest BCUT2D eigenvalue weighted by Crippen LogP contribution is 2.10. The molecule has 0 atom stereocenters. The van der Waals surface area contributed by atoms with Gasteiger partial charge in [-0.25, -0.2) is 4.98 Å². The van der Waals surface area contributed by atoms with Crippen LogP contribution in [0.25, 0.3) is 11.5 Å². The van der Waals surface area contributed by atoms with Crippen molar-refractivity contribution in [1.82, 2.24) is 20.1 Å². The molecule has 0 unspecified atom stereocenters. The fourth-order valence-electron chi connectivity index (χ4n) is 0.911. The van der Waals surface area contributed by atoms with E-state index in [2.05, 4.69) is 20.1 Å². The summed E-state index contributed by atoms with van der Waals surface area (Å²) in [5.41, 5.74) is 1.49. The molecule has 0 fully saturated rings. The summed E-state index contributed by atoms with van der Waals surface area (Å²) in [6, 6.07) is 0. The Morgan fingerprint density at radius 2 is 2.00 bits per heavy atom. The van der Waals surface area contributed by atoms with Crippen LogP contribution in [0, 0.1) is 13.8 Å². The van der Waals surface area contributed by atoms with Gasteiger partial charge in [0, 0.05) is 13.1 Å². The average molecular weight is 176 g/mol. The summed E-state index contributed by atoms with van der Waals surface area (Å²) in [4.78, 5) is 12.2. The molecule has 2 rings (SSSR count). The lowest BCUT2D eigenvalue weighted by atomic mass is 10.4. The number of aryl methyl sites for hydroxylation is 2. The summed E-state index contributed by atoms with van der Waals surface area (Å²) in [6.07, 6.45) is 3.29. The second-order valence-electron chi connectivity index (χ2n) is 2.68. The maximum absolute atomic E-state index is 4.82. The smallest absolute Gasteiger partial charge is 0.223 e. The van der Waals surface area contributed by atoms with Gasteiger partial charge in [0.1, 0.15) is 5.69 Å². The third kappa shape index (κ3) is 1.53. The summed E-state index contributed by atoms with van der Waals surface area (Å²) in [5.74, 6) is 1.00. The van der Waals surface area contributed by atoms with E-state index < -0.39 is 0 Å². The van der Waals surface area contributed by atoms with Gasteiger partial charge in [-0.15, -0.1) is 0 Å². The highest BCUT2D eigenvalue weighted by Gasteiger charge is 2.06. The van der Waals surface area contributed by atoms with Gasteiger partial charge in [-0.3, -0.25) is 4.98 Å². The van der Waals surface area contributed by atoms with Crippen molar-refractivity contribution in [2.45, 2.75) is 13.8 Å². The molecule has 0 bridgehead atoms. The Hall–Kier alpha value is -1.78. The van der Waals surface area contributed by atoms with E-state index >= 15 is 0 Å². The number of hydrogen-bond donors (Lipinski definition) is 0. The van der Waals surface area contributed by atoms with Crippen LogP contribution in [0.1, 0.15) is 11.6 Å². The lowest BCUT2D eigenvalue weighted by Gasteiger charge is -1.92. The van der Waals surface area contributed by atoms with Gasteiger partial charge >= 0.3 is 0 Å². The van der Waals surface area contributed by atoms with Crippen molar-refractivity contribution >= 4 is 0 Å². The molecule has 0 radical (unpaired) electrons. The molecular weight excluding hydrogens is 168 g/mol. The van der Waals surface area contributed by atoms with E-state index in [1.54, 1.807) is 19.3 Å². The van der Waals surface area contributed by atoms with E-state index in [9.17, 15) is 0 Å². The van der Waals surface area contributed by atoms with Crippen LogP contribution in [0.5, 0.6) is 0 Å². The molecule has 2 heterocycles. The minimum atomic E-state index is 0.477. The Balaban J connectivity index is 2.41. The van der Waals surface area contributed by atoms with Gasteiger partial charge in [0.15, 0.2) is 0 Å². The Kier molecular flexibility index (Phi) is 1.77. The van der Waals surface area contributed by atoms with Crippen LogP contribution in [0.3, 0.4) is 0 Å². The first-order valence-electron chi connectivity index (χ1n) is 3.85.